The minimum Gasteiger partial charge on any atom is -0.497 e. The minimum atomic E-state index is -0.0366. The van der Waals surface area contributed by atoms with E-state index in [9.17, 15) is 4.79 Å². The molecule has 1 aromatic rings. The third kappa shape index (κ3) is 6.15. The van der Waals surface area contributed by atoms with Gasteiger partial charge in [0.1, 0.15) is 5.75 Å². The maximum absolute atomic E-state index is 12.2. The molecule has 1 aromatic carbocycles. The van der Waals surface area contributed by atoms with Crippen LogP contribution in [0, 0.1) is 0 Å². The average molecular weight is 360 g/mol. The van der Waals surface area contributed by atoms with E-state index in [-0.39, 0.29) is 6.10 Å². The van der Waals surface area contributed by atoms with Gasteiger partial charge in [-0.2, -0.15) is 0 Å². The first-order valence-electron chi connectivity index (χ1n) is 9.54. The highest BCUT2D eigenvalue weighted by Gasteiger charge is 2.23. The first-order valence-corrected chi connectivity index (χ1v) is 9.54. The molecule has 1 amide bonds. The largest absolute Gasteiger partial charge is 0.497 e. The van der Waals surface area contributed by atoms with E-state index in [0.717, 1.165) is 56.9 Å². The Bertz CT molecular complexity index is 568. The van der Waals surface area contributed by atoms with Crippen LogP contribution in [0.2, 0.25) is 0 Å². The summed E-state index contributed by atoms with van der Waals surface area (Å²) in [7, 11) is 1.67. The van der Waals surface area contributed by atoms with Crippen LogP contribution < -0.4 is 4.74 Å². The summed E-state index contributed by atoms with van der Waals surface area (Å²) in [6.45, 7) is 10.6. The molecule has 0 unspecified atom stereocenters. The van der Waals surface area contributed by atoms with Crippen molar-refractivity contribution in [3.8, 4) is 5.75 Å². The quantitative estimate of drug-likeness (QED) is 0.601. The standard InChI is InChI=1S/C21H32N2O3/c1-4-6-10-21(24)23-13-11-22(12-14-23)17-20(26-15-5-2)18-8-7-9-19(16-18)25-3/h5,7-9,16,20H,2,4,6,10-15,17H2,1,3H3/t20-/m0/s1. The average Bonchev–Trinajstić information content (AvgIpc) is 2.69. The van der Waals surface area contributed by atoms with Gasteiger partial charge in [-0.15, -0.1) is 6.58 Å². The van der Waals surface area contributed by atoms with E-state index >= 15 is 0 Å². The van der Waals surface area contributed by atoms with Crippen molar-refractivity contribution in [2.45, 2.75) is 32.3 Å². The first kappa shape index (κ1) is 20.5. The number of ether oxygens (including phenoxy) is 2. The number of methoxy groups -OCH3 is 1. The van der Waals surface area contributed by atoms with Gasteiger partial charge < -0.3 is 14.4 Å². The van der Waals surface area contributed by atoms with Crippen LogP contribution in [0.4, 0.5) is 0 Å². The number of hydrogen-bond acceptors (Lipinski definition) is 4. The summed E-state index contributed by atoms with van der Waals surface area (Å²) in [5.41, 5.74) is 1.10. The molecular formula is C21H32N2O3. The Hall–Kier alpha value is -1.85. The molecule has 0 aliphatic carbocycles. The van der Waals surface area contributed by atoms with Gasteiger partial charge in [-0.3, -0.25) is 9.69 Å². The van der Waals surface area contributed by atoms with Crippen LogP contribution >= 0.6 is 0 Å². The second kappa shape index (κ2) is 11.0. The van der Waals surface area contributed by atoms with E-state index in [1.165, 1.54) is 0 Å². The topological polar surface area (TPSA) is 42.0 Å². The third-order valence-electron chi connectivity index (χ3n) is 4.77. The Morgan fingerprint density at radius 3 is 2.73 bits per heavy atom. The van der Waals surface area contributed by atoms with E-state index in [4.69, 9.17) is 9.47 Å². The lowest BCUT2D eigenvalue weighted by molar-refractivity contribution is -0.133. The highest BCUT2D eigenvalue weighted by Crippen LogP contribution is 2.24. The number of hydrogen-bond donors (Lipinski definition) is 0. The highest BCUT2D eigenvalue weighted by molar-refractivity contribution is 5.76. The summed E-state index contributed by atoms with van der Waals surface area (Å²) in [6, 6.07) is 8.02. The van der Waals surface area contributed by atoms with E-state index in [1.54, 1.807) is 13.2 Å². The molecule has 26 heavy (non-hydrogen) atoms. The van der Waals surface area contributed by atoms with Crippen molar-refractivity contribution in [2.75, 3.05) is 46.4 Å². The molecule has 0 spiro atoms. The van der Waals surface area contributed by atoms with Gasteiger partial charge in [0.05, 0.1) is 19.8 Å². The van der Waals surface area contributed by atoms with E-state index < -0.39 is 0 Å². The van der Waals surface area contributed by atoms with E-state index in [2.05, 4.69) is 24.5 Å². The third-order valence-corrected chi connectivity index (χ3v) is 4.77. The molecule has 1 atom stereocenters. The molecule has 1 fully saturated rings. The number of piperazine rings is 1. The Kier molecular flexibility index (Phi) is 8.65. The zero-order valence-corrected chi connectivity index (χ0v) is 16.2. The monoisotopic (exact) mass is 360 g/mol. The van der Waals surface area contributed by atoms with Crippen molar-refractivity contribution in [2.24, 2.45) is 0 Å². The Balaban J connectivity index is 1.92. The smallest absolute Gasteiger partial charge is 0.222 e. The molecule has 0 bridgehead atoms. The van der Waals surface area contributed by atoms with Crippen molar-refractivity contribution < 1.29 is 14.3 Å². The van der Waals surface area contributed by atoms with Crippen molar-refractivity contribution in [1.29, 1.82) is 0 Å². The number of unbranched alkanes of at least 4 members (excludes halogenated alkanes) is 1. The fourth-order valence-corrected chi connectivity index (χ4v) is 3.18. The summed E-state index contributed by atoms with van der Waals surface area (Å²) in [6.07, 6.45) is 4.45. The van der Waals surface area contributed by atoms with Gasteiger partial charge in [-0.1, -0.05) is 31.6 Å². The van der Waals surface area contributed by atoms with Gasteiger partial charge in [0.25, 0.3) is 0 Å². The van der Waals surface area contributed by atoms with Gasteiger partial charge >= 0.3 is 0 Å². The SMILES string of the molecule is C=CCO[C@@H](CN1CCN(C(=O)CCCC)CC1)c1cccc(OC)c1. The van der Waals surface area contributed by atoms with Gasteiger partial charge in [0.15, 0.2) is 0 Å². The first-order chi connectivity index (χ1) is 12.7. The van der Waals surface area contributed by atoms with Gasteiger partial charge in [0, 0.05) is 39.1 Å². The molecule has 5 nitrogen and oxygen atoms in total. The molecule has 0 saturated carbocycles. The van der Waals surface area contributed by atoms with Crippen LogP contribution in [0.1, 0.15) is 37.9 Å². The number of benzene rings is 1. The van der Waals surface area contributed by atoms with Crippen LogP contribution in [0.5, 0.6) is 5.75 Å². The molecule has 1 saturated heterocycles. The lowest BCUT2D eigenvalue weighted by Gasteiger charge is -2.36. The normalized spacial score (nSPS) is 16.3. The second-order valence-corrected chi connectivity index (χ2v) is 6.67. The molecule has 1 heterocycles. The lowest BCUT2D eigenvalue weighted by atomic mass is 10.1. The number of amides is 1. The molecule has 0 radical (unpaired) electrons. The van der Waals surface area contributed by atoms with Crippen LogP contribution in [0.25, 0.3) is 0 Å². The van der Waals surface area contributed by atoms with Crippen LogP contribution in [0.3, 0.4) is 0 Å². The van der Waals surface area contributed by atoms with Gasteiger partial charge in [0.2, 0.25) is 5.91 Å². The molecule has 1 aliphatic heterocycles. The molecular weight excluding hydrogens is 328 g/mol. The maximum Gasteiger partial charge on any atom is 0.222 e. The Morgan fingerprint density at radius 2 is 2.08 bits per heavy atom. The number of carbonyl (C=O) groups excluding carboxylic acids is 1. The molecule has 0 aromatic heterocycles. The molecule has 144 valence electrons. The van der Waals surface area contributed by atoms with Crippen molar-refractivity contribution in [3.63, 3.8) is 0 Å². The van der Waals surface area contributed by atoms with Crippen molar-refractivity contribution in [1.82, 2.24) is 9.80 Å². The zero-order chi connectivity index (χ0) is 18.8. The summed E-state index contributed by atoms with van der Waals surface area (Å²) in [5, 5.41) is 0. The molecule has 0 N–H and O–H groups in total. The molecule has 1 aliphatic rings. The van der Waals surface area contributed by atoms with Crippen LogP contribution in [0.15, 0.2) is 36.9 Å². The predicted octanol–water partition coefficient (Wildman–Crippen LogP) is 3.27. The summed E-state index contributed by atoms with van der Waals surface area (Å²) in [5.74, 6) is 1.12. The van der Waals surface area contributed by atoms with Crippen molar-refractivity contribution >= 4 is 5.91 Å². The number of rotatable bonds is 10. The zero-order valence-electron chi connectivity index (χ0n) is 16.2. The predicted molar refractivity (Wildman–Crippen MR) is 104 cm³/mol. The van der Waals surface area contributed by atoms with Crippen LogP contribution in [-0.4, -0.2) is 62.1 Å². The number of nitrogens with zero attached hydrogens (tertiary/aromatic N) is 2. The molecule has 5 heteroatoms. The molecule has 2 rings (SSSR count). The van der Waals surface area contributed by atoms with Gasteiger partial charge in [-0.25, -0.2) is 0 Å². The summed E-state index contributed by atoms with van der Waals surface area (Å²) in [4.78, 5) is 16.5. The summed E-state index contributed by atoms with van der Waals surface area (Å²) >= 11 is 0. The summed E-state index contributed by atoms with van der Waals surface area (Å²) < 4.78 is 11.3. The lowest BCUT2D eigenvalue weighted by Crippen LogP contribution is -2.49. The van der Waals surface area contributed by atoms with E-state index in [1.807, 2.05) is 23.1 Å². The van der Waals surface area contributed by atoms with Crippen LogP contribution in [-0.2, 0) is 9.53 Å². The van der Waals surface area contributed by atoms with Crippen molar-refractivity contribution in [3.05, 3.63) is 42.5 Å². The number of carbonyl (C=O) groups is 1. The maximum atomic E-state index is 12.2. The van der Waals surface area contributed by atoms with E-state index in [0.29, 0.717) is 18.9 Å². The van der Waals surface area contributed by atoms with Gasteiger partial charge in [-0.05, 0) is 24.1 Å². The highest BCUT2D eigenvalue weighted by atomic mass is 16.5. The Morgan fingerprint density at radius 1 is 1.31 bits per heavy atom. The second-order valence-electron chi connectivity index (χ2n) is 6.67. The fourth-order valence-electron chi connectivity index (χ4n) is 3.18. The fraction of sp³-hybridized carbons (Fsp3) is 0.571. The Labute approximate surface area is 157 Å². The minimum absolute atomic E-state index is 0.0366.